The van der Waals surface area contributed by atoms with E-state index in [4.69, 9.17) is 5.73 Å². The number of nitrogens with zero attached hydrogens (tertiary/aromatic N) is 3. The maximum Gasteiger partial charge on any atom is 0.153 e. The van der Waals surface area contributed by atoms with E-state index in [0.29, 0.717) is 11.7 Å². The highest BCUT2D eigenvalue weighted by Gasteiger charge is 2.08. The molecule has 7 heteroatoms. The SMILES string of the molecule is CNCc1ccc(C(C)CNc2ccc(-c3ccc4[nH]nc(N)c4c3)nn2)cc1. The third-order valence-corrected chi connectivity index (χ3v) is 5.07. The van der Waals surface area contributed by atoms with Crippen LogP contribution in [0.1, 0.15) is 24.0 Å². The van der Waals surface area contributed by atoms with E-state index >= 15 is 0 Å². The van der Waals surface area contributed by atoms with Crippen molar-refractivity contribution in [1.82, 2.24) is 25.7 Å². The lowest BCUT2D eigenvalue weighted by atomic mass is 10.00. The largest absolute Gasteiger partial charge is 0.382 e. The van der Waals surface area contributed by atoms with Gasteiger partial charge in [-0.05, 0) is 48.4 Å². The molecule has 0 saturated carbocycles. The summed E-state index contributed by atoms with van der Waals surface area (Å²) in [6.45, 7) is 3.87. The Kier molecular flexibility index (Phi) is 5.39. The number of aromatic amines is 1. The third-order valence-electron chi connectivity index (χ3n) is 5.07. The number of nitrogens with two attached hydrogens (primary N) is 1. The molecule has 4 aromatic rings. The molecule has 0 radical (unpaired) electrons. The van der Waals surface area contributed by atoms with Gasteiger partial charge in [0.05, 0.1) is 11.2 Å². The van der Waals surface area contributed by atoms with Gasteiger partial charge in [-0.2, -0.15) is 5.10 Å². The highest BCUT2D eigenvalue weighted by molar-refractivity contribution is 5.91. The molecule has 0 bridgehead atoms. The van der Waals surface area contributed by atoms with Crippen LogP contribution in [-0.4, -0.2) is 34.0 Å². The predicted octanol–water partition coefficient (Wildman–Crippen LogP) is 3.54. The number of H-pyrrole nitrogens is 1. The van der Waals surface area contributed by atoms with Crippen LogP contribution in [0, 0.1) is 0 Å². The molecule has 0 spiro atoms. The Hall–Kier alpha value is -3.45. The van der Waals surface area contributed by atoms with Crippen molar-refractivity contribution < 1.29 is 0 Å². The predicted molar refractivity (Wildman–Crippen MR) is 118 cm³/mol. The van der Waals surface area contributed by atoms with Gasteiger partial charge >= 0.3 is 0 Å². The summed E-state index contributed by atoms with van der Waals surface area (Å²) in [5.41, 5.74) is 11.1. The molecule has 1 unspecified atom stereocenters. The highest BCUT2D eigenvalue weighted by Crippen LogP contribution is 2.25. The fourth-order valence-corrected chi connectivity index (χ4v) is 3.32. The summed E-state index contributed by atoms with van der Waals surface area (Å²) >= 11 is 0. The van der Waals surface area contributed by atoms with Crippen molar-refractivity contribution in [3.63, 3.8) is 0 Å². The monoisotopic (exact) mass is 387 g/mol. The van der Waals surface area contributed by atoms with Crippen LogP contribution in [0.4, 0.5) is 11.6 Å². The molecule has 0 fully saturated rings. The molecule has 5 N–H and O–H groups in total. The standard InChI is InChI=1S/C22H25N7/c1-14(16-5-3-15(4-6-16)13-24-2)12-25-21-10-9-19(26-28-21)17-7-8-20-18(11-17)22(23)29-27-20/h3-11,14,24H,12-13H2,1-2H3,(H,25,28)(H3,23,27,29). The van der Waals surface area contributed by atoms with Gasteiger partial charge in [0.15, 0.2) is 5.82 Å². The number of aromatic nitrogens is 4. The minimum absolute atomic E-state index is 0.367. The van der Waals surface area contributed by atoms with Crippen molar-refractivity contribution in [3.05, 3.63) is 65.7 Å². The number of rotatable bonds is 7. The van der Waals surface area contributed by atoms with Crippen molar-refractivity contribution in [3.8, 4) is 11.3 Å². The fraction of sp³-hybridized carbons (Fsp3) is 0.227. The molecule has 1 atom stereocenters. The van der Waals surface area contributed by atoms with Crippen molar-refractivity contribution in [1.29, 1.82) is 0 Å². The number of nitrogen functional groups attached to an aromatic ring is 1. The Morgan fingerprint density at radius 1 is 1.03 bits per heavy atom. The highest BCUT2D eigenvalue weighted by atomic mass is 15.2. The zero-order valence-corrected chi connectivity index (χ0v) is 16.6. The van der Waals surface area contributed by atoms with Crippen LogP contribution in [0.5, 0.6) is 0 Å². The van der Waals surface area contributed by atoms with Gasteiger partial charge in [0.25, 0.3) is 0 Å². The van der Waals surface area contributed by atoms with Gasteiger partial charge in [-0.1, -0.05) is 37.3 Å². The van der Waals surface area contributed by atoms with Crippen LogP contribution in [0.2, 0.25) is 0 Å². The van der Waals surface area contributed by atoms with Gasteiger partial charge in [0.2, 0.25) is 0 Å². The normalized spacial score (nSPS) is 12.2. The summed E-state index contributed by atoms with van der Waals surface area (Å²) in [5, 5.41) is 23.0. The Morgan fingerprint density at radius 3 is 2.59 bits per heavy atom. The Morgan fingerprint density at radius 2 is 1.86 bits per heavy atom. The Labute approximate surface area is 169 Å². The average molecular weight is 387 g/mol. The van der Waals surface area contributed by atoms with Gasteiger partial charge < -0.3 is 16.4 Å². The van der Waals surface area contributed by atoms with E-state index in [0.717, 1.165) is 41.1 Å². The first-order valence-electron chi connectivity index (χ1n) is 9.69. The lowest BCUT2D eigenvalue weighted by Crippen LogP contribution is -2.11. The molecule has 2 aromatic carbocycles. The summed E-state index contributed by atoms with van der Waals surface area (Å²) < 4.78 is 0. The van der Waals surface area contributed by atoms with E-state index in [9.17, 15) is 0 Å². The van der Waals surface area contributed by atoms with E-state index in [1.807, 2.05) is 37.4 Å². The second-order valence-electron chi connectivity index (χ2n) is 7.23. The molecule has 29 heavy (non-hydrogen) atoms. The summed E-state index contributed by atoms with van der Waals surface area (Å²) in [5.74, 6) is 1.61. The van der Waals surface area contributed by atoms with Crippen LogP contribution in [0.15, 0.2) is 54.6 Å². The van der Waals surface area contributed by atoms with Crippen LogP contribution in [0.3, 0.4) is 0 Å². The Bertz CT molecular complexity index is 1080. The number of anilines is 2. The molecule has 0 aliphatic carbocycles. The molecule has 7 nitrogen and oxygen atoms in total. The molecule has 0 aliphatic heterocycles. The molecule has 2 heterocycles. The fourth-order valence-electron chi connectivity index (χ4n) is 3.32. The summed E-state index contributed by atoms with van der Waals surface area (Å²) in [6.07, 6.45) is 0. The lowest BCUT2D eigenvalue weighted by Gasteiger charge is -2.14. The van der Waals surface area contributed by atoms with Crippen LogP contribution in [-0.2, 0) is 6.54 Å². The molecular weight excluding hydrogens is 362 g/mol. The molecule has 0 saturated heterocycles. The summed E-state index contributed by atoms with van der Waals surface area (Å²) in [7, 11) is 1.96. The molecule has 2 aromatic heterocycles. The number of hydrogen-bond donors (Lipinski definition) is 4. The topological polar surface area (TPSA) is 105 Å². The van der Waals surface area contributed by atoms with Crippen molar-refractivity contribution in [2.24, 2.45) is 0 Å². The molecular formula is C22H25N7. The second kappa shape index (κ2) is 8.28. The molecule has 0 amide bonds. The third kappa shape index (κ3) is 4.20. The van der Waals surface area contributed by atoms with Gasteiger partial charge in [0, 0.05) is 24.0 Å². The first-order valence-corrected chi connectivity index (χ1v) is 9.69. The zero-order valence-electron chi connectivity index (χ0n) is 16.6. The maximum absolute atomic E-state index is 5.89. The molecule has 0 aliphatic rings. The average Bonchev–Trinajstić information content (AvgIpc) is 3.13. The quantitative estimate of drug-likeness (QED) is 0.387. The van der Waals surface area contributed by atoms with Gasteiger partial charge in [-0.15, -0.1) is 10.2 Å². The summed E-state index contributed by atoms with van der Waals surface area (Å²) in [6, 6.07) is 18.5. The van der Waals surface area contributed by atoms with E-state index in [-0.39, 0.29) is 0 Å². The first-order chi connectivity index (χ1) is 14.1. The van der Waals surface area contributed by atoms with Crippen molar-refractivity contribution in [2.45, 2.75) is 19.4 Å². The number of nitrogens with one attached hydrogen (secondary N) is 3. The van der Waals surface area contributed by atoms with E-state index in [1.54, 1.807) is 0 Å². The smallest absolute Gasteiger partial charge is 0.153 e. The second-order valence-corrected chi connectivity index (χ2v) is 7.23. The number of fused-ring (bicyclic) bond motifs is 1. The lowest BCUT2D eigenvalue weighted by molar-refractivity contribution is 0.790. The van der Waals surface area contributed by atoms with Crippen LogP contribution >= 0.6 is 0 Å². The Balaban J connectivity index is 1.40. The van der Waals surface area contributed by atoms with Gasteiger partial charge in [-0.25, -0.2) is 0 Å². The number of hydrogen-bond acceptors (Lipinski definition) is 6. The van der Waals surface area contributed by atoms with E-state index in [1.165, 1.54) is 11.1 Å². The molecule has 4 rings (SSSR count). The van der Waals surface area contributed by atoms with Gasteiger partial charge in [-0.3, -0.25) is 5.10 Å². The maximum atomic E-state index is 5.89. The zero-order chi connectivity index (χ0) is 20.2. The number of benzene rings is 2. The van der Waals surface area contributed by atoms with Crippen molar-refractivity contribution in [2.75, 3.05) is 24.6 Å². The van der Waals surface area contributed by atoms with Crippen LogP contribution < -0.4 is 16.4 Å². The summed E-state index contributed by atoms with van der Waals surface area (Å²) in [4.78, 5) is 0. The minimum Gasteiger partial charge on any atom is -0.382 e. The van der Waals surface area contributed by atoms with E-state index < -0.39 is 0 Å². The minimum atomic E-state index is 0.367. The van der Waals surface area contributed by atoms with E-state index in [2.05, 4.69) is 62.2 Å². The van der Waals surface area contributed by atoms with Crippen molar-refractivity contribution >= 4 is 22.5 Å². The molecule has 148 valence electrons. The van der Waals surface area contributed by atoms with Crippen LogP contribution in [0.25, 0.3) is 22.2 Å². The van der Waals surface area contributed by atoms with Gasteiger partial charge in [0.1, 0.15) is 5.82 Å². The first kappa shape index (κ1) is 18.9.